The van der Waals surface area contributed by atoms with E-state index >= 15 is 0 Å². The van der Waals surface area contributed by atoms with Crippen LogP contribution in [0, 0.1) is 10.1 Å². The van der Waals surface area contributed by atoms with Crippen LogP contribution < -0.4 is 10.2 Å². The number of hydrogen-bond donors (Lipinski definition) is 1. The number of ether oxygens (including phenoxy) is 1. The van der Waals surface area contributed by atoms with Crippen LogP contribution in [0.3, 0.4) is 0 Å². The zero-order valence-corrected chi connectivity index (χ0v) is 12.1. The summed E-state index contributed by atoms with van der Waals surface area (Å²) in [4.78, 5) is 20.7. The second kappa shape index (κ2) is 5.20. The fraction of sp³-hybridized carbons (Fsp3) is 0.667. The number of rotatable bonds is 3. The zero-order valence-electron chi connectivity index (χ0n) is 12.1. The molecule has 1 atom stereocenters. The van der Waals surface area contributed by atoms with E-state index in [-0.39, 0.29) is 17.4 Å². The van der Waals surface area contributed by atoms with Gasteiger partial charge in [-0.05, 0) is 20.8 Å². The lowest BCUT2D eigenvalue weighted by atomic mass is 10.1. The Bertz CT molecular complexity index is 520. The first-order valence-electron chi connectivity index (χ1n) is 6.44. The van der Waals surface area contributed by atoms with Crippen molar-refractivity contribution in [2.45, 2.75) is 32.5 Å². The van der Waals surface area contributed by atoms with E-state index in [1.165, 1.54) is 6.20 Å². The van der Waals surface area contributed by atoms with E-state index in [1.807, 2.05) is 25.7 Å². The minimum Gasteiger partial charge on any atom is -0.369 e. The molecular weight excluding hydrogens is 262 g/mol. The van der Waals surface area contributed by atoms with E-state index in [0.717, 1.165) is 0 Å². The van der Waals surface area contributed by atoms with Crippen molar-refractivity contribution in [3.8, 4) is 0 Å². The van der Waals surface area contributed by atoms with Crippen LogP contribution in [-0.2, 0) is 4.74 Å². The molecule has 8 heteroatoms. The Kier molecular flexibility index (Phi) is 3.76. The molecule has 1 saturated heterocycles. The maximum atomic E-state index is 11.2. The summed E-state index contributed by atoms with van der Waals surface area (Å²) in [5.41, 5.74) is -0.468. The number of anilines is 2. The summed E-state index contributed by atoms with van der Waals surface area (Å²) < 4.78 is 5.81. The van der Waals surface area contributed by atoms with Crippen LogP contribution in [0.15, 0.2) is 6.20 Å². The first-order valence-corrected chi connectivity index (χ1v) is 6.44. The Hall–Kier alpha value is -1.96. The third kappa shape index (κ3) is 2.96. The Morgan fingerprint density at radius 2 is 2.30 bits per heavy atom. The highest BCUT2D eigenvalue weighted by atomic mass is 16.6. The second-order valence-electron chi connectivity index (χ2n) is 5.48. The summed E-state index contributed by atoms with van der Waals surface area (Å²) in [6.45, 7) is 6.96. The van der Waals surface area contributed by atoms with E-state index in [2.05, 4.69) is 15.3 Å². The van der Waals surface area contributed by atoms with E-state index in [1.54, 1.807) is 7.05 Å². The van der Waals surface area contributed by atoms with Crippen LogP contribution in [0.2, 0.25) is 0 Å². The number of morpholine rings is 1. The van der Waals surface area contributed by atoms with Gasteiger partial charge in [-0.2, -0.15) is 4.98 Å². The molecule has 8 nitrogen and oxygen atoms in total. The first-order chi connectivity index (χ1) is 9.32. The number of hydrogen-bond acceptors (Lipinski definition) is 7. The van der Waals surface area contributed by atoms with Gasteiger partial charge in [0.15, 0.2) is 0 Å². The van der Waals surface area contributed by atoms with Crippen molar-refractivity contribution >= 4 is 17.5 Å². The normalized spacial score (nSPS) is 21.6. The van der Waals surface area contributed by atoms with Gasteiger partial charge in [0.2, 0.25) is 11.8 Å². The predicted octanol–water partition coefficient (Wildman–Crippen LogP) is 1.43. The van der Waals surface area contributed by atoms with E-state index in [0.29, 0.717) is 24.9 Å². The van der Waals surface area contributed by atoms with Crippen LogP contribution >= 0.6 is 0 Å². The molecule has 20 heavy (non-hydrogen) atoms. The molecule has 110 valence electrons. The van der Waals surface area contributed by atoms with Gasteiger partial charge in [0.25, 0.3) is 0 Å². The Morgan fingerprint density at radius 1 is 1.60 bits per heavy atom. The lowest BCUT2D eigenvalue weighted by molar-refractivity contribution is -0.384. The summed E-state index contributed by atoms with van der Waals surface area (Å²) >= 11 is 0. The second-order valence-corrected chi connectivity index (χ2v) is 5.48. The van der Waals surface area contributed by atoms with Crippen LogP contribution in [0.5, 0.6) is 0 Å². The molecule has 2 rings (SSSR count). The van der Waals surface area contributed by atoms with Gasteiger partial charge in [-0.25, -0.2) is 4.98 Å². The summed E-state index contributed by atoms with van der Waals surface area (Å²) in [5, 5.41) is 14.0. The Morgan fingerprint density at radius 3 is 2.85 bits per heavy atom. The number of aromatic nitrogens is 2. The highest BCUT2D eigenvalue weighted by Crippen LogP contribution is 2.31. The molecule has 1 aliphatic rings. The SMILES string of the molecule is CNc1ncc([N+](=O)[O-])c(N2CC(C)OC(C)(C)C2)n1. The lowest BCUT2D eigenvalue weighted by Gasteiger charge is -2.41. The van der Waals surface area contributed by atoms with Crippen molar-refractivity contribution in [3.63, 3.8) is 0 Å². The van der Waals surface area contributed by atoms with E-state index < -0.39 is 4.92 Å². The maximum Gasteiger partial charge on any atom is 0.329 e. The van der Waals surface area contributed by atoms with Crippen molar-refractivity contribution in [1.29, 1.82) is 0 Å². The molecule has 1 N–H and O–H groups in total. The van der Waals surface area contributed by atoms with Gasteiger partial charge in [-0.3, -0.25) is 10.1 Å². The maximum absolute atomic E-state index is 11.2. The van der Waals surface area contributed by atoms with E-state index in [4.69, 9.17) is 4.74 Å². The Balaban J connectivity index is 2.41. The van der Waals surface area contributed by atoms with Gasteiger partial charge in [0.1, 0.15) is 6.20 Å². The van der Waals surface area contributed by atoms with Crippen LogP contribution in [0.1, 0.15) is 20.8 Å². The number of nitro groups is 1. The highest BCUT2D eigenvalue weighted by Gasteiger charge is 2.35. The van der Waals surface area contributed by atoms with Gasteiger partial charge < -0.3 is 15.0 Å². The predicted molar refractivity (Wildman–Crippen MR) is 75.1 cm³/mol. The van der Waals surface area contributed by atoms with Gasteiger partial charge in [-0.1, -0.05) is 0 Å². The molecular formula is C12H19N5O3. The fourth-order valence-electron chi connectivity index (χ4n) is 2.46. The molecule has 2 heterocycles. The van der Waals surface area contributed by atoms with Crippen LogP contribution in [0.4, 0.5) is 17.5 Å². The van der Waals surface area contributed by atoms with Crippen molar-refractivity contribution in [2.75, 3.05) is 30.4 Å². The highest BCUT2D eigenvalue weighted by molar-refractivity contribution is 5.59. The molecule has 1 unspecified atom stereocenters. The molecule has 0 bridgehead atoms. The summed E-state index contributed by atoms with van der Waals surface area (Å²) in [6.07, 6.45) is 1.22. The average molecular weight is 281 g/mol. The molecule has 0 radical (unpaired) electrons. The van der Waals surface area contributed by atoms with Crippen molar-refractivity contribution in [1.82, 2.24) is 9.97 Å². The summed E-state index contributed by atoms with van der Waals surface area (Å²) in [5.74, 6) is 0.695. The fourth-order valence-corrected chi connectivity index (χ4v) is 2.46. The van der Waals surface area contributed by atoms with E-state index in [9.17, 15) is 10.1 Å². The first kappa shape index (κ1) is 14.4. The molecule has 1 aliphatic heterocycles. The van der Waals surface area contributed by atoms with Crippen LogP contribution in [-0.4, -0.2) is 46.7 Å². The molecule has 1 fully saturated rings. The molecule has 0 aromatic carbocycles. The third-order valence-electron chi connectivity index (χ3n) is 3.04. The molecule has 0 aliphatic carbocycles. The standard InChI is InChI=1S/C12H19N5O3/c1-8-6-16(7-12(2,3)20-8)10-9(17(18)19)5-14-11(13-4)15-10/h5,8H,6-7H2,1-4H3,(H,13,14,15). The summed E-state index contributed by atoms with van der Waals surface area (Å²) in [6, 6.07) is 0. The summed E-state index contributed by atoms with van der Waals surface area (Å²) in [7, 11) is 1.68. The third-order valence-corrected chi connectivity index (χ3v) is 3.04. The molecule has 0 amide bonds. The van der Waals surface area contributed by atoms with Crippen LogP contribution in [0.25, 0.3) is 0 Å². The monoisotopic (exact) mass is 281 g/mol. The van der Waals surface area contributed by atoms with Gasteiger partial charge in [0, 0.05) is 20.1 Å². The van der Waals surface area contributed by atoms with Gasteiger partial charge in [0.05, 0.1) is 16.6 Å². The molecule has 1 aromatic rings. The van der Waals surface area contributed by atoms with Gasteiger partial charge >= 0.3 is 5.69 Å². The minimum absolute atomic E-state index is 0.0219. The average Bonchev–Trinajstić information content (AvgIpc) is 2.35. The van der Waals surface area contributed by atoms with Gasteiger partial charge in [-0.15, -0.1) is 0 Å². The quantitative estimate of drug-likeness (QED) is 0.661. The van der Waals surface area contributed by atoms with Crippen molar-refractivity contribution in [3.05, 3.63) is 16.3 Å². The lowest BCUT2D eigenvalue weighted by Crippen LogP contribution is -2.52. The molecule has 0 saturated carbocycles. The smallest absolute Gasteiger partial charge is 0.329 e. The largest absolute Gasteiger partial charge is 0.369 e. The number of nitrogens with one attached hydrogen (secondary N) is 1. The van der Waals surface area contributed by atoms with Crippen molar-refractivity contribution in [2.24, 2.45) is 0 Å². The topological polar surface area (TPSA) is 93.4 Å². The minimum atomic E-state index is -0.456. The zero-order chi connectivity index (χ0) is 14.9. The van der Waals surface area contributed by atoms with Crippen molar-refractivity contribution < 1.29 is 9.66 Å². The molecule has 0 spiro atoms. The molecule has 1 aromatic heterocycles. The number of nitrogens with zero attached hydrogens (tertiary/aromatic N) is 4. The Labute approximate surface area is 117 Å².